The van der Waals surface area contributed by atoms with Gasteiger partial charge < -0.3 is 9.47 Å². The van der Waals surface area contributed by atoms with Gasteiger partial charge in [0.05, 0.1) is 5.92 Å². The van der Waals surface area contributed by atoms with Crippen LogP contribution < -0.4 is 0 Å². The van der Waals surface area contributed by atoms with Crippen molar-refractivity contribution in [1.82, 2.24) is 0 Å². The van der Waals surface area contributed by atoms with Crippen molar-refractivity contribution in [3.63, 3.8) is 0 Å². The minimum Gasteiger partial charge on any atom is -0.456 e. The average Bonchev–Trinajstić information content (AvgIpc) is 3.12. The number of carbonyl (C=O) groups excluding carboxylic acids is 3. The lowest BCUT2D eigenvalue weighted by Crippen LogP contribution is -2.58. The molecule has 140 valence electrons. The van der Waals surface area contributed by atoms with Gasteiger partial charge in [-0.2, -0.15) is 0 Å². The van der Waals surface area contributed by atoms with Crippen LogP contribution in [0.25, 0.3) is 0 Å². The van der Waals surface area contributed by atoms with E-state index >= 15 is 0 Å². The van der Waals surface area contributed by atoms with Crippen molar-refractivity contribution in [1.29, 1.82) is 0 Å². The van der Waals surface area contributed by atoms with Crippen LogP contribution in [0.2, 0.25) is 0 Å². The summed E-state index contributed by atoms with van der Waals surface area (Å²) in [5.41, 5.74) is -0.401. The van der Waals surface area contributed by atoms with Gasteiger partial charge in [-0.1, -0.05) is 12.2 Å². The van der Waals surface area contributed by atoms with E-state index in [-0.39, 0.29) is 24.2 Å². The molecule has 0 aromatic carbocycles. The molecule has 0 N–H and O–H groups in total. The molecule has 3 unspecified atom stereocenters. The summed E-state index contributed by atoms with van der Waals surface area (Å²) >= 11 is 0. The predicted molar refractivity (Wildman–Crippen MR) is 91.7 cm³/mol. The fourth-order valence-corrected chi connectivity index (χ4v) is 6.68. The number of hydrogen-bond acceptors (Lipinski definition) is 5. The van der Waals surface area contributed by atoms with Crippen LogP contribution in [0.15, 0.2) is 12.2 Å². The molecule has 3 atom stereocenters. The Kier molecular flexibility index (Phi) is 3.60. The number of esters is 2. The number of Topliss-reactive ketones (excluding diaryl/α,β-unsaturated/α-hetero) is 1. The number of rotatable bonds is 4. The first-order valence-corrected chi connectivity index (χ1v) is 10.0. The van der Waals surface area contributed by atoms with Crippen LogP contribution in [0.3, 0.4) is 0 Å². The molecule has 0 heterocycles. The van der Waals surface area contributed by atoms with Crippen LogP contribution in [0.5, 0.6) is 0 Å². The van der Waals surface area contributed by atoms with Gasteiger partial charge in [0.25, 0.3) is 0 Å². The molecule has 5 fully saturated rings. The van der Waals surface area contributed by atoms with E-state index in [4.69, 9.17) is 9.47 Å². The number of ether oxygens (including phenoxy) is 2. The Morgan fingerprint density at radius 2 is 1.69 bits per heavy atom. The lowest BCUT2D eigenvalue weighted by atomic mass is 9.50. The molecular weight excluding hydrogens is 332 g/mol. The standard InChI is InChI=1S/C21H26O5/c1-21(14-5-11-4-12(7-14)8-15(21)6-11)26-18(22)10-25-20(24)17-9-13-2-3-16(17)19(13)23/h2-3,11-17H,4-10H2,1H3. The second kappa shape index (κ2) is 5.67. The minimum atomic E-state index is -0.446. The molecule has 0 aromatic heterocycles. The summed E-state index contributed by atoms with van der Waals surface area (Å²) in [7, 11) is 0. The van der Waals surface area contributed by atoms with Gasteiger partial charge in [-0.25, -0.2) is 4.79 Å². The van der Waals surface area contributed by atoms with Crippen LogP contribution in [-0.4, -0.2) is 29.9 Å². The molecule has 0 spiro atoms. The topological polar surface area (TPSA) is 69.7 Å². The zero-order chi connectivity index (χ0) is 18.1. The summed E-state index contributed by atoms with van der Waals surface area (Å²) in [5.74, 6) is 0.815. The van der Waals surface area contributed by atoms with Crippen molar-refractivity contribution < 1.29 is 23.9 Å². The lowest BCUT2D eigenvalue weighted by molar-refractivity contribution is -0.207. The zero-order valence-corrected chi connectivity index (χ0v) is 15.2. The fraction of sp³-hybridized carbons (Fsp3) is 0.762. The molecular formula is C21H26O5. The molecule has 5 heteroatoms. The third-order valence-electron chi connectivity index (χ3n) is 7.91. The third kappa shape index (κ3) is 2.39. The van der Waals surface area contributed by atoms with Crippen molar-refractivity contribution in [3.05, 3.63) is 12.2 Å². The van der Waals surface area contributed by atoms with Gasteiger partial charge in [0.2, 0.25) is 0 Å². The van der Waals surface area contributed by atoms with E-state index < -0.39 is 23.5 Å². The molecule has 6 bridgehead atoms. The largest absolute Gasteiger partial charge is 0.456 e. The molecule has 0 amide bonds. The maximum atomic E-state index is 12.4. The van der Waals surface area contributed by atoms with E-state index in [1.165, 1.54) is 6.42 Å². The summed E-state index contributed by atoms with van der Waals surface area (Å²) in [4.78, 5) is 36.6. The highest BCUT2D eigenvalue weighted by Gasteiger charge is 2.57. The van der Waals surface area contributed by atoms with E-state index in [1.807, 2.05) is 6.08 Å². The molecule has 0 saturated heterocycles. The van der Waals surface area contributed by atoms with Crippen LogP contribution >= 0.6 is 0 Å². The molecule has 5 saturated carbocycles. The van der Waals surface area contributed by atoms with Crippen LogP contribution in [-0.2, 0) is 23.9 Å². The summed E-state index contributed by atoms with van der Waals surface area (Å²) in [5, 5.41) is 0. The SMILES string of the molecule is CC1(OC(=O)COC(=O)C2CC3C=CC2C3=O)C2CC3CC(C2)CC1C3. The van der Waals surface area contributed by atoms with E-state index in [2.05, 4.69) is 6.92 Å². The number of carbonyl (C=O) groups is 3. The van der Waals surface area contributed by atoms with E-state index in [0.717, 1.165) is 37.5 Å². The fourth-order valence-electron chi connectivity index (χ4n) is 6.68. The average molecular weight is 358 g/mol. The quantitative estimate of drug-likeness (QED) is 0.571. The Balaban J connectivity index is 1.17. The van der Waals surface area contributed by atoms with Gasteiger partial charge in [0.1, 0.15) is 11.4 Å². The Bertz CT molecular complexity index is 665. The maximum Gasteiger partial charge on any atom is 0.344 e. The third-order valence-corrected chi connectivity index (χ3v) is 7.91. The highest BCUT2D eigenvalue weighted by atomic mass is 16.6. The molecule has 6 rings (SSSR count). The second-order valence-electron chi connectivity index (χ2n) is 9.33. The van der Waals surface area contributed by atoms with Gasteiger partial charge in [-0.15, -0.1) is 0 Å². The minimum absolute atomic E-state index is 0.107. The highest BCUT2D eigenvalue weighted by Crippen LogP contribution is 2.59. The first-order chi connectivity index (χ1) is 12.4. The zero-order valence-electron chi connectivity index (χ0n) is 15.2. The van der Waals surface area contributed by atoms with Crippen molar-refractivity contribution in [2.24, 2.45) is 41.4 Å². The van der Waals surface area contributed by atoms with Crippen LogP contribution in [0.4, 0.5) is 0 Å². The summed E-state index contributed by atoms with van der Waals surface area (Å²) < 4.78 is 11.1. The Morgan fingerprint density at radius 1 is 1.04 bits per heavy atom. The Hall–Kier alpha value is -1.65. The summed E-state index contributed by atoms with van der Waals surface area (Å²) in [6, 6.07) is 0. The predicted octanol–water partition coefficient (Wildman–Crippen LogP) is 2.68. The molecule has 5 nitrogen and oxygen atoms in total. The second-order valence-corrected chi connectivity index (χ2v) is 9.33. The smallest absolute Gasteiger partial charge is 0.344 e. The monoisotopic (exact) mass is 358 g/mol. The highest BCUT2D eigenvalue weighted by molar-refractivity contribution is 5.97. The first kappa shape index (κ1) is 16.5. The van der Waals surface area contributed by atoms with Crippen molar-refractivity contribution in [2.45, 2.75) is 51.0 Å². The van der Waals surface area contributed by atoms with Crippen molar-refractivity contribution in [3.8, 4) is 0 Å². The number of allylic oxidation sites excluding steroid dienone is 2. The Labute approximate surface area is 153 Å². The maximum absolute atomic E-state index is 12.4. The van der Waals surface area contributed by atoms with Gasteiger partial charge >= 0.3 is 11.9 Å². The van der Waals surface area contributed by atoms with Crippen LogP contribution in [0, 0.1) is 41.4 Å². The van der Waals surface area contributed by atoms with Crippen molar-refractivity contribution >= 4 is 17.7 Å². The van der Waals surface area contributed by atoms with Gasteiger partial charge in [0, 0.05) is 11.8 Å². The van der Waals surface area contributed by atoms with Crippen LogP contribution in [0.1, 0.15) is 45.4 Å². The molecule has 6 aliphatic carbocycles. The van der Waals surface area contributed by atoms with E-state index in [1.54, 1.807) is 6.08 Å². The molecule has 26 heavy (non-hydrogen) atoms. The number of fused-ring (bicyclic) bond motifs is 2. The molecule has 0 aliphatic heterocycles. The molecule has 0 aromatic rings. The number of ketones is 1. The normalized spacial score (nSPS) is 47.4. The summed E-state index contributed by atoms with van der Waals surface area (Å²) in [6.45, 7) is 1.74. The summed E-state index contributed by atoms with van der Waals surface area (Å²) in [6.07, 6.45) is 10.2. The first-order valence-electron chi connectivity index (χ1n) is 10.0. The van der Waals surface area contributed by atoms with Gasteiger partial charge in [0.15, 0.2) is 6.61 Å². The Morgan fingerprint density at radius 3 is 2.23 bits per heavy atom. The molecule has 0 radical (unpaired) electrons. The van der Waals surface area contributed by atoms with Crippen molar-refractivity contribution in [2.75, 3.05) is 6.61 Å². The van der Waals surface area contributed by atoms with Gasteiger partial charge in [-0.05, 0) is 69.1 Å². The molecule has 6 aliphatic rings. The number of hydrogen-bond donors (Lipinski definition) is 0. The van der Waals surface area contributed by atoms with E-state index in [0.29, 0.717) is 18.3 Å². The van der Waals surface area contributed by atoms with E-state index in [9.17, 15) is 14.4 Å². The lowest BCUT2D eigenvalue weighted by Gasteiger charge is -2.59. The van der Waals surface area contributed by atoms with Gasteiger partial charge in [-0.3, -0.25) is 9.59 Å².